The van der Waals surface area contributed by atoms with E-state index >= 15 is 0 Å². The smallest absolute Gasteiger partial charge is 0.326 e. The van der Waals surface area contributed by atoms with E-state index in [1.165, 1.54) is 11.3 Å². The van der Waals surface area contributed by atoms with Crippen LogP contribution in [0.5, 0.6) is 5.75 Å². The molecule has 1 saturated carbocycles. The van der Waals surface area contributed by atoms with Crippen molar-refractivity contribution in [2.24, 2.45) is 11.3 Å². The van der Waals surface area contributed by atoms with E-state index in [0.29, 0.717) is 29.6 Å². The highest BCUT2D eigenvalue weighted by atomic mass is 32.1. The number of rotatable bonds is 7. The van der Waals surface area contributed by atoms with E-state index in [0.717, 1.165) is 22.8 Å². The summed E-state index contributed by atoms with van der Waals surface area (Å²) >= 11 is 1.38. The molecule has 10 heteroatoms. The Labute approximate surface area is 202 Å². The van der Waals surface area contributed by atoms with Crippen molar-refractivity contribution in [3.05, 3.63) is 35.3 Å². The molecule has 2 aromatic rings. The van der Waals surface area contributed by atoms with E-state index in [2.05, 4.69) is 36.4 Å². The summed E-state index contributed by atoms with van der Waals surface area (Å²) in [5, 5.41) is 8.49. The van der Waals surface area contributed by atoms with Gasteiger partial charge in [-0.3, -0.25) is 14.5 Å². The van der Waals surface area contributed by atoms with Crippen LogP contribution in [0.25, 0.3) is 0 Å². The van der Waals surface area contributed by atoms with Crippen LogP contribution in [-0.2, 0) is 20.9 Å². The van der Waals surface area contributed by atoms with Gasteiger partial charge in [-0.1, -0.05) is 20.8 Å². The number of nitrogens with zero attached hydrogens (tertiary/aromatic N) is 2. The zero-order valence-electron chi connectivity index (χ0n) is 19.8. The second kappa shape index (κ2) is 9.25. The first-order valence-electron chi connectivity index (χ1n) is 11.2. The maximum atomic E-state index is 13.2. The minimum Gasteiger partial charge on any atom is -0.497 e. The number of methoxy groups -OCH3 is 1. The van der Waals surface area contributed by atoms with Crippen molar-refractivity contribution >= 4 is 40.1 Å². The van der Waals surface area contributed by atoms with E-state index < -0.39 is 24.1 Å². The predicted octanol–water partition coefficient (Wildman–Crippen LogP) is 4.08. The van der Waals surface area contributed by atoms with Crippen LogP contribution >= 0.6 is 11.3 Å². The average Bonchev–Trinajstić information content (AvgIpc) is 3.29. The van der Waals surface area contributed by atoms with Gasteiger partial charge in [-0.15, -0.1) is 11.3 Å². The lowest BCUT2D eigenvalue weighted by atomic mass is 9.64. The number of esters is 1. The molecule has 182 valence electrons. The monoisotopic (exact) mass is 486 g/mol. The predicted molar refractivity (Wildman–Crippen MR) is 128 cm³/mol. The second-order valence-electron chi connectivity index (χ2n) is 9.92. The van der Waals surface area contributed by atoms with Gasteiger partial charge in [0.25, 0.3) is 5.91 Å². The van der Waals surface area contributed by atoms with E-state index in [9.17, 15) is 14.4 Å². The maximum Gasteiger partial charge on any atom is 0.326 e. The summed E-state index contributed by atoms with van der Waals surface area (Å²) in [5.41, 5.74) is 0.423. The van der Waals surface area contributed by atoms with Gasteiger partial charge in [0.15, 0.2) is 5.13 Å². The van der Waals surface area contributed by atoms with Crippen molar-refractivity contribution in [3.63, 3.8) is 0 Å². The molecule has 2 N–H and O–H groups in total. The van der Waals surface area contributed by atoms with Crippen LogP contribution in [0.1, 0.15) is 45.7 Å². The number of thiazole rings is 1. The van der Waals surface area contributed by atoms with Gasteiger partial charge < -0.3 is 20.1 Å². The standard InChI is InChI=1S/C24H30N4O5S/c1-15-9-23(2,3)14-24(10-15)20(30)28(22(31)27-24)11-19(29)33-12-17-13-34-21(26-17)25-16-5-7-18(32-4)8-6-16/h5-8,13,15H,9-12,14H2,1-4H3,(H,25,26)(H,27,31)/t15-,24+/m0/s1. The molecular formula is C24H30N4O5S. The first-order chi connectivity index (χ1) is 16.1. The highest BCUT2D eigenvalue weighted by Gasteiger charge is 2.56. The summed E-state index contributed by atoms with van der Waals surface area (Å²) in [6, 6.07) is 6.89. The summed E-state index contributed by atoms with van der Waals surface area (Å²) in [6.45, 7) is 5.84. The molecular weight excluding hydrogens is 456 g/mol. The number of carbonyl (C=O) groups is 3. The highest BCUT2D eigenvalue weighted by molar-refractivity contribution is 7.13. The van der Waals surface area contributed by atoms with Crippen LogP contribution in [-0.4, -0.2) is 47.0 Å². The van der Waals surface area contributed by atoms with Gasteiger partial charge in [0.05, 0.1) is 12.8 Å². The number of hydrogen-bond donors (Lipinski definition) is 2. The molecule has 4 rings (SSSR count). The third-order valence-corrected chi connectivity index (χ3v) is 6.99. The number of benzene rings is 1. The molecule has 3 amide bonds. The molecule has 1 aliphatic carbocycles. The lowest BCUT2D eigenvalue weighted by Crippen LogP contribution is -2.54. The van der Waals surface area contributed by atoms with Crippen molar-refractivity contribution in [1.82, 2.24) is 15.2 Å². The van der Waals surface area contributed by atoms with E-state index in [4.69, 9.17) is 9.47 Å². The maximum absolute atomic E-state index is 13.2. The quantitative estimate of drug-likeness (QED) is 0.448. The Morgan fingerprint density at radius 2 is 2.00 bits per heavy atom. The lowest BCUT2D eigenvalue weighted by Gasteiger charge is -2.43. The van der Waals surface area contributed by atoms with Gasteiger partial charge in [-0.2, -0.15) is 0 Å². The Kier molecular flexibility index (Phi) is 6.53. The van der Waals surface area contributed by atoms with Crippen molar-refractivity contribution in [2.45, 2.75) is 52.2 Å². The summed E-state index contributed by atoms with van der Waals surface area (Å²) in [6.07, 6.45) is 2.13. The Balaban J connectivity index is 1.31. The number of aromatic nitrogens is 1. The molecule has 34 heavy (non-hydrogen) atoms. The molecule has 1 aromatic heterocycles. The highest BCUT2D eigenvalue weighted by Crippen LogP contribution is 2.46. The number of amides is 3. The summed E-state index contributed by atoms with van der Waals surface area (Å²) in [4.78, 5) is 43.6. The number of urea groups is 1. The van der Waals surface area contributed by atoms with Gasteiger partial charge in [-0.05, 0) is 54.9 Å². The molecule has 1 aromatic carbocycles. The van der Waals surface area contributed by atoms with Gasteiger partial charge >= 0.3 is 12.0 Å². The molecule has 2 heterocycles. The molecule has 0 bridgehead atoms. The number of imide groups is 1. The second-order valence-corrected chi connectivity index (χ2v) is 10.8. The van der Waals surface area contributed by atoms with Crippen molar-refractivity contribution in [2.75, 3.05) is 19.0 Å². The minimum absolute atomic E-state index is 0.0432. The first-order valence-corrected chi connectivity index (χ1v) is 12.1. The SMILES string of the molecule is COc1ccc(Nc2nc(COC(=O)CN3C(=O)N[C@@]4(C[C@@H](C)CC(C)(C)C4)C3=O)cs2)cc1. The molecule has 2 aliphatic rings. The average molecular weight is 487 g/mol. The molecule has 0 unspecified atom stereocenters. The number of ether oxygens (including phenoxy) is 2. The van der Waals surface area contributed by atoms with Crippen LogP contribution in [0.2, 0.25) is 0 Å². The number of anilines is 2. The van der Waals surface area contributed by atoms with Crippen LogP contribution in [0.3, 0.4) is 0 Å². The van der Waals surface area contributed by atoms with Gasteiger partial charge in [0.1, 0.15) is 24.4 Å². The molecule has 2 atom stereocenters. The van der Waals surface area contributed by atoms with Crippen LogP contribution in [0, 0.1) is 11.3 Å². The topological polar surface area (TPSA) is 110 Å². The van der Waals surface area contributed by atoms with Crippen molar-refractivity contribution < 1.29 is 23.9 Å². The van der Waals surface area contributed by atoms with Gasteiger partial charge in [-0.25, -0.2) is 9.78 Å². The number of hydrogen-bond acceptors (Lipinski definition) is 8. The summed E-state index contributed by atoms with van der Waals surface area (Å²) in [5.74, 6) is 0.0652. The number of carbonyl (C=O) groups excluding carboxylic acids is 3. The molecule has 1 spiro atoms. The van der Waals surface area contributed by atoms with E-state index in [-0.39, 0.29) is 17.9 Å². The fourth-order valence-electron chi connectivity index (χ4n) is 5.21. The van der Waals surface area contributed by atoms with Crippen molar-refractivity contribution in [3.8, 4) is 5.75 Å². The first kappa shape index (κ1) is 24.0. The van der Waals surface area contributed by atoms with Gasteiger partial charge in [0, 0.05) is 11.1 Å². The Hall–Kier alpha value is -3.14. The van der Waals surface area contributed by atoms with Crippen LogP contribution < -0.4 is 15.4 Å². The number of nitrogens with one attached hydrogen (secondary N) is 2. The Bertz CT molecular complexity index is 1080. The zero-order chi connectivity index (χ0) is 24.5. The summed E-state index contributed by atoms with van der Waals surface area (Å²) in [7, 11) is 1.61. The van der Waals surface area contributed by atoms with Crippen molar-refractivity contribution in [1.29, 1.82) is 0 Å². The molecule has 2 fully saturated rings. The van der Waals surface area contributed by atoms with Gasteiger partial charge in [0.2, 0.25) is 0 Å². The third-order valence-electron chi connectivity index (χ3n) is 6.19. The zero-order valence-corrected chi connectivity index (χ0v) is 20.7. The molecule has 1 aliphatic heterocycles. The largest absolute Gasteiger partial charge is 0.497 e. The summed E-state index contributed by atoms with van der Waals surface area (Å²) < 4.78 is 10.5. The van der Waals surface area contributed by atoms with E-state index in [1.54, 1.807) is 12.5 Å². The van der Waals surface area contributed by atoms with Crippen LogP contribution in [0.15, 0.2) is 29.6 Å². The Morgan fingerprint density at radius 3 is 2.68 bits per heavy atom. The third kappa shape index (κ3) is 5.16. The minimum atomic E-state index is -0.935. The molecule has 1 saturated heterocycles. The fourth-order valence-corrected chi connectivity index (χ4v) is 5.92. The lowest BCUT2D eigenvalue weighted by molar-refractivity contribution is -0.149. The Morgan fingerprint density at radius 1 is 1.26 bits per heavy atom. The molecule has 0 radical (unpaired) electrons. The normalized spacial score (nSPS) is 23.6. The fraction of sp³-hybridized carbons (Fsp3) is 0.500. The van der Waals surface area contributed by atoms with Crippen LogP contribution in [0.4, 0.5) is 15.6 Å². The van der Waals surface area contributed by atoms with E-state index in [1.807, 2.05) is 24.3 Å². The molecule has 9 nitrogen and oxygen atoms in total.